The van der Waals surface area contributed by atoms with Gasteiger partial charge in [-0.05, 0) is 43.0 Å². The van der Waals surface area contributed by atoms with Crippen LogP contribution >= 0.6 is 23.6 Å². The van der Waals surface area contributed by atoms with E-state index in [1.165, 1.54) is 11.3 Å². The summed E-state index contributed by atoms with van der Waals surface area (Å²) >= 11 is 6.85. The minimum Gasteiger partial charge on any atom is -0.497 e. The Morgan fingerprint density at radius 1 is 1.21 bits per heavy atom. The van der Waals surface area contributed by atoms with Gasteiger partial charge in [0.05, 0.1) is 20.3 Å². The van der Waals surface area contributed by atoms with Gasteiger partial charge in [-0.25, -0.2) is 4.68 Å². The van der Waals surface area contributed by atoms with Crippen molar-refractivity contribution in [3.05, 3.63) is 46.4 Å². The molecule has 0 bridgehead atoms. The van der Waals surface area contributed by atoms with Crippen LogP contribution in [0.25, 0.3) is 0 Å². The van der Waals surface area contributed by atoms with Crippen molar-refractivity contribution < 1.29 is 19.0 Å². The van der Waals surface area contributed by atoms with E-state index in [2.05, 4.69) is 15.7 Å². The van der Waals surface area contributed by atoms with Crippen LogP contribution in [0.4, 0.5) is 16.5 Å². The summed E-state index contributed by atoms with van der Waals surface area (Å²) in [4.78, 5) is 14.6. The second-order valence-electron chi connectivity index (χ2n) is 7.22. The molecule has 0 unspecified atom stereocenters. The smallest absolute Gasteiger partial charge is 0.238 e. The van der Waals surface area contributed by atoms with Gasteiger partial charge in [-0.3, -0.25) is 9.69 Å². The van der Waals surface area contributed by atoms with Crippen molar-refractivity contribution in [3.63, 3.8) is 0 Å². The molecule has 33 heavy (non-hydrogen) atoms. The average Bonchev–Trinajstić information content (AvgIpc) is 3.16. The molecule has 1 amide bonds. The maximum absolute atomic E-state index is 12.6. The molecule has 0 fully saturated rings. The van der Waals surface area contributed by atoms with Gasteiger partial charge >= 0.3 is 0 Å². The standard InChI is InChI=1S/C22H25N5O4S2/c1-3-26(13-20(28)23-16-7-8-18-19(12-16)31-10-9-30-18)14-27-22(32)33-21(25-27)24-15-5-4-6-17(11-15)29-2/h4-8,11-12H,3,9-10,13-14H2,1-2H3,(H,23,28)(H,24,25). The van der Waals surface area contributed by atoms with E-state index in [1.54, 1.807) is 30.0 Å². The van der Waals surface area contributed by atoms with Crippen LogP contribution in [0.2, 0.25) is 0 Å². The molecular weight excluding hydrogens is 462 g/mol. The number of nitrogens with one attached hydrogen (secondary N) is 2. The summed E-state index contributed by atoms with van der Waals surface area (Å²) in [6, 6.07) is 13.0. The first-order chi connectivity index (χ1) is 16.0. The fraction of sp³-hybridized carbons (Fsp3) is 0.318. The molecule has 11 heteroatoms. The highest BCUT2D eigenvalue weighted by atomic mass is 32.1. The van der Waals surface area contributed by atoms with Crippen LogP contribution in [0.1, 0.15) is 6.92 Å². The summed E-state index contributed by atoms with van der Waals surface area (Å²) in [7, 11) is 1.63. The maximum atomic E-state index is 12.6. The molecule has 0 atom stereocenters. The second-order valence-corrected chi connectivity index (χ2v) is 8.85. The van der Waals surface area contributed by atoms with Crippen molar-refractivity contribution in [1.29, 1.82) is 0 Å². The highest BCUT2D eigenvalue weighted by molar-refractivity contribution is 7.73. The highest BCUT2D eigenvalue weighted by Gasteiger charge is 2.15. The number of amides is 1. The van der Waals surface area contributed by atoms with Gasteiger partial charge in [-0.2, -0.15) is 0 Å². The zero-order valence-electron chi connectivity index (χ0n) is 18.4. The predicted octanol–water partition coefficient (Wildman–Crippen LogP) is 4.12. The van der Waals surface area contributed by atoms with Crippen LogP contribution in [-0.2, 0) is 11.5 Å². The fourth-order valence-electron chi connectivity index (χ4n) is 3.25. The Balaban J connectivity index is 1.36. The molecule has 2 aromatic carbocycles. The van der Waals surface area contributed by atoms with Crippen molar-refractivity contribution in [2.45, 2.75) is 13.6 Å². The molecule has 174 valence electrons. The largest absolute Gasteiger partial charge is 0.497 e. The number of anilines is 3. The number of benzene rings is 2. The van der Waals surface area contributed by atoms with Gasteiger partial charge in [0.15, 0.2) is 15.5 Å². The van der Waals surface area contributed by atoms with Crippen molar-refractivity contribution in [2.75, 3.05) is 44.0 Å². The lowest BCUT2D eigenvalue weighted by atomic mass is 10.2. The number of methoxy groups -OCH3 is 1. The van der Waals surface area contributed by atoms with Gasteiger partial charge in [0, 0.05) is 23.5 Å². The number of likely N-dealkylation sites (N-methyl/N-ethyl adjacent to an activating group) is 1. The van der Waals surface area contributed by atoms with Crippen molar-refractivity contribution >= 4 is 46.0 Å². The number of carbonyl (C=O) groups excluding carboxylic acids is 1. The quantitative estimate of drug-likeness (QED) is 0.436. The fourth-order valence-corrected chi connectivity index (χ4v) is 4.26. The van der Waals surface area contributed by atoms with Gasteiger partial charge in [0.25, 0.3) is 0 Å². The molecule has 9 nitrogen and oxygen atoms in total. The number of ether oxygens (including phenoxy) is 3. The van der Waals surface area contributed by atoms with Crippen LogP contribution < -0.4 is 24.8 Å². The number of rotatable bonds is 9. The number of aromatic nitrogens is 2. The predicted molar refractivity (Wildman–Crippen MR) is 131 cm³/mol. The number of hydrogen-bond donors (Lipinski definition) is 2. The Hall–Kier alpha value is -3.15. The number of fused-ring (bicyclic) bond motifs is 1. The van der Waals surface area contributed by atoms with Gasteiger partial charge in [-0.1, -0.05) is 24.3 Å². The molecule has 4 rings (SSSR count). The lowest BCUT2D eigenvalue weighted by Crippen LogP contribution is -2.35. The number of nitrogens with zero attached hydrogens (tertiary/aromatic N) is 3. The SMILES string of the molecule is CCN(CC(=O)Nc1ccc2c(c1)OCCO2)Cn1nc(Nc2cccc(OC)c2)sc1=S. The van der Waals surface area contributed by atoms with E-state index in [0.717, 1.165) is 11.4 Å². The van der Waals surface area contributed by atoms with Crippen molar-refractivity contribution in [3.8, 4) is 17.2 Å². The number of hydrogen-bond acceptors (Lipinski definition) is 9. The second kappa shape index (κ2) is 10.6. The Bertz CT molecular complexity index is 1180. The third-order valence-corrected chi connectivity index (χ3v) is 6.12. The van der Waals surface area contributed by atoms with Crippen LogP contribution in [0.5, 0.6) is 17.2 Å². The Morgan fingerprint density at radius 2 is 2.03 bits per heavy atom. The monoisotopic (exact) mass is 487 g/mol. The van der Waals surface area contributed by atoms with Crippen LogP contribution in [0.15, 0.2) is 42.5 Å². The molecule has 2 N–H and O–H groups in total. The number of carbonyl (C=O) groups is 1. The summed E-state index contributed by atoms with van der Waals surface area (Å²) in [5.41, 5.74) is 1.52. The molecule has 0 spiro atoms. The third kappa shape index (κ3) is 6.01. The van der Waals surface area contributed by atoms with E-state index in [1.807, 2.05) is 36.1 Å². The normalized spacial score (nSPS) is 12.5. The summed E-state index contributed by atoms with van der Waals surface area (Å²) in [6.07, 6.45) is 0. The van der Waals surface area contributed by atoms with Crippen molar-refractivity contribution in [2.24, 2.45) is 0 Å². The first-order valence-electron chi connectivity index (χ1n) is 10.4. The minimum absolute atomic E-state index is 0.134. The van der Waals surface area contributed by atoms with E-state index in [0.29, 0.717) is 52.7 Å². The minimum atomic E-state index is -0.134. The lowest BCUT2D eigenvalue weighted by molar-refractivity contribution is -0.117. The van der Waals surface area contributed by atoms with Gasteiger partial charge in [0.1, 0.15) is 19.0 Å². The molecule has 0 aliphatic carbocycles. The molecule has 1 aromatic heterocycles. The van der Waals surface area contributed by atoms with Gasteiger partial charge < -0.3 is 24.8 Å². The van der Waals surface area contributed by atoms with E-state index in [9.17, 15) is 4.79 Å². The molecule has 0 saturated heterocycles. The van der Waals surface area contributed by atoms with E-state index < -0.39 is 0 Å². The third-order valence-electron chi connectivity index (χ3n) is 4.90. The highest BCUT2D eigenvalue weighted by Crippen LogP contribution is 2.32. The first-order valence-corrected chi connectivity index (χ1v) is 11.7. The molecule has 1 aliphatic heterocycles. The summed E-state index contributed by atoms with van der Waals surface area (Å²) in [6.45, 7) is 4.27. The Kier molecular flexibility index (Phi) is 7.43. The zero-order chi connectivity index (χ0) is 23.2. The molecular formula is C22H25N5O4S2. The van der Waals surface area contributed by atoms with Crippen LogP contribution in [0.3, 0.4) is 0 Å². The Morgan fingerprint density at radius 3 is 2.82 bits per heavy atom. The van der Waals surface area contributed by atoms with Gasteiger partial charge in [-0.15, -0.1) is 5.10 Å². The zero-order valence-corrected chi connectivity index (χ0v) is 20.0. The van der Waals surface area contributed by atoms with E-state index in [-0.39, 0.29) is 12.5 Å². The molecule has 0 saturated carbocycles. The first kappa shape index (κ1) is 23.0. The van der Waals surface area contributed by atoms with E-state index in [4.69, 9.17) is 26.4 Å². The van der Waals surface area contributed by atoms with Crippen LogP contribution in [0, 0.1) is 3.95 Å². The maximum Gasteiger partial charge on any atom is 0.238 e. The Labute approximate surface area is 200 Å². The molecule has 3 aromatic rings. The van der Waals surface area contributed by atoms with Crippen LogP contribution in [-0.4, -0.2) is 54.0 Å². The molecule has 2 heterocycles. The topological polar surface area (TPSA) is 89.9 Å². The lowest BCUT2D eigenvalue weighted by Gasteiger charge is -2.21. The summed E-state index contributed by atoms with van der Waals surface area (Å²) in [5.74, 6) is 1.94. The van der Waals surface area contributed by atoms with E-state index >= 15 is 0 Å². The molecule has 0 radical (unpaired) electrons. The molecule has 1 aliphatic rings. The van der Waals surface area contributed by atoms with Crippen molar-refractivity contribution in [1.82, 2.24) is 14.7 Å². The summed E-state index contributed by atoms with van der Waals surface area (Å²) in [5, 5.41) is 11.4. The average molecular weight is 488 g/mol. The van der Waals surface area contributed by atoms with Gasteiger partial charge in [0.2, 0.25) is 11.0 Å². The summed E-state index contributed by atoms with van der Waals surface area (Å²) < 4.78 is 18.7.